The lowest BCUT2D eigenvalue weighted by Crippen LogP contribution is -2.01. The molecule has 0 fully saturated rings. The van der Waals surface area contributed by atoms with Crippen LogP contribution in [-0.4, -0.2) is 25.8 Å². The van der Waals surface area contributed by atoms with Crippen LogP contribution in [0.5, 0.6) is 0 Å². The van der Waals surface area contributed by atoms with Gasteiger partial charge in [0.25, 0.3) is 0 Å². The predicted molar refractivity (Wildman–Crippen MR) is 50.1 cm³/mol. The second kappa shape index (κ2) is 3.23. The van der Waals surface area contributed by atoms with E-state index in [1.807, 2.05) is 19.9 Å². The van der Waals surface area contributed by atoms with Gasteiger partial charge in [-0.1, -0.05) is 0 Å². The number of aryl methyl sites for hydroxylation is 2. The lowest BCUT2D eigenvalue weighted by atomic mass is 10.4. The normalized spacial score (nSPS) is 10.5. The average Bonchev–Trinajstić information content (AvgIpc) is 2.71. The predicted octanol–water partition coefficient (Wildman–Crippen LogP) is 1.18. The van der Waals surface area contributed by atoms with Crippen molar-refractivity contribution in [2.45, 2.75) is 13.8 Å². The fourth-order valence-electron chi connectivity index (χ4n) is 1.28. The summed E-state index contributed by atoms with van der Waals surface area (Å²) in [5.41, 5.74) is 1.53. The minimum Gasteiger partial charge on any atom is -0.476 e. The van der Waals surface area contributed by atoms with E-state index in [9.17, 15) is 4.79 Å². The Balaban J connectivity index is 2.45. The molecule has 0 unspecified atom stereocenters. The second-order valence-electron chi connectivity index (χ2n) is 3.16. The summed E-state index contributed by atoms with van der Waals surface area (Å²) >= 11 is 0. The zero-order chi connectivity index (χ0) is 11.0. The number of aromatic nitrogens is 3. The average molecular weight is 207 g/mol. The van der Waals surface area contributed by atoms with Gasteiger partial charge < -0.3 is 9.52 Å². The Morgan fingerprint density at radius 2 is 2.27 bits per heavy atom. The third kappa shape index (κ3) is 1.61. The molecule has 0 spiro atoms. The topological polar surface area (TPSA) is 81.2 Å². The van der Waals surface area contributed by atoms with Crippen LogP contribution in [0.4, 0.5) is 0 Å². The van der Waals surface area contributed by atoms with E-state index in [1.54, 1.807) is 0 Å². The first-order valence-corrected chi connectivity index (χ1v) is 4.30. The van der Waals surface area contributed by atoms with Gasteiger partial charge in [0.15, 0.2) is 5.69 Å². The van der Waals surface area contributed by atoms with Gasteiger partial charge in [-0.2, -0.15) is 14.8 Å². The van der Waals surface area contributed by atoms with Crippen molar-refractivity contribution in [2.75, 3.05) is 0 Å². The minimum absolute atomic E-state index is 0.127. The number of hydrogen-bond donors (Lipinski definition) is 1. The van der Waals surface area contributed by atoms with Crippen molar-refractivity contribution in [3.63, 3.8) is 0 Å². The van der Waals surface area contributed by atoms with Gasteiger partial charge in [0.05, 0.1) is 5.69 Å². The maximum atomic E-state index is 10.6. The summed E-state index contributed by atoms with van der Waals surface area (Å²) in [5.74, 6) is -1.12. The van der Waals surface area contributed by atoms with E-state index in [4.69, 9.17) is 9.52 Å². The van der Waals surface area contributed by atoms with Crippen LogP contribution in [0.25, 0.3) is 6.01 Å². The summed E-state index contributed by atoms with van der Waals surface area (Å²) in [7, 11) is 0. The van der Waals surface area contributed by atoms with Crippen molar-refractivity contribution < 1.29 is 14.3 Å². The van der Waals surface area contributed by atoms with Crippen molar-refractivity contribution >= 4 is 5.97 Å². The molecule has 0 saturated carbocycles. The van der Waals surface area contributed by atoms with Crippen molar-refractivity contribution in [3.8, 4) is 6.01 Å². The number of carboxylic acids is 1. The number of carbonyl (C=O) groups is 1. The molecule has 0 radical (unpaired) electrons. The number of aromatic carboxylic acids is 1. The van der Waals surface area contributed by atoms with Gasteiger partial charge in [-0.05, 0) is 19.9 Å². The highest BCUT2D eigenvalue weighted by Crippen LogP contribution is 2.11. The molecular weight excluding hydrogens is 198 g/mol. The van der Waals surface area contributed by atoms with Crippen LogP contribution < -0.4 is 0 Å². The van der Waals surface area contributed by atoms with Crippen molar-refractivity contribution in [3.05, 3.63) is 29.4 Å². The van der Waals surface area contributed by atoms with Gasteiger partial charge in [0.1, 0.15) is 6.26 Å². The Kier molecular flexibility index (Phi) is 2.03. The van der Waals surface area contributed by atoms with Gasteiger partial charge in [-0.3, -0.25) is 0 Å². The summed E-state index contributed by atoms with van der Waals surface area (Å²) in [6.07, 6.45) is 1.09. The summed E-state index contributed by atoms with van der Waals surface area (Å²) in [6.45, 7) is 3.68. The first-order chi connectivity index (χ1) is 7.08. The monoisotopic (exact) mass is 207 g/mol. The highest BCUT2D eigenvalue weighted by molar-refractivity contribution is 5.84. The Morgan fingerprint density at radius 3 is 2.73 bits per heavy atom. The third-order valence-electron chi connectivity index (χ3n) is 1.90. The third-order valence-corrected chi connectivity index (χ3v) is 1.90. The smallest absolute Gasteiger partial charge is 0.357 e. The fraction of sp³-hybridized carbons (Fsp3) is 0.222. The van der Waals surface area contributed by atoms with Gasteiger partial charge >= 0.3 is 12.0 Å². The van der Waals surface area contributed by atoms with Gasteiger partial charge in [0, 0.05) is 5.69 Å². The molecule has 0 aliphatic rings. The molecule has 2 heterocycles. The molecule has 0 bridgehead atoms. The molecule has 2 rings (SSSR count). The Bertz CT molecular complexity index is 512. The molecule has 2 aromatic rings. The Labute approximate surface area is 85.2 Å². The number of nitrogens with zero attached hydrogens (tertiary/aromatic N) is 3. The van der Waals surface area contributed by atoms with Gasteiger partial charge in [-0.25, -0.2) is 4.79 Å². The zero-order valence-electron chi connectivity index (χ0n) is 8.26. The minimum atomic E-state index is -1.12. The molecule has 6 heteroatoms. The van der Waals surface area contributed by atoms with Crippen molar-refractivity contribution in [2.24, 2.45) is 0 Å². The standard InChI is InChI=1S/C9H9N3O3/c1-5-3-6(2)12(11-5)9-10-7(4-15-9)8(13)14/h3-4H,1-2H3,(H,13,14). The lowest BCUT2D eigenvalue weighted by Gasteiger charge is -1.95. The summed E-state index contributed by atoms with van der Waals surface area (Å²) in [4.78, 5) is 14.4. The molecule has 0 aliphatic carbocycles. The van der Waals surface area contributed by atoms with Crippen LogP contribution in [0.1, 0.15) is 21.9 Å². The Hall–Kier alpha value is -2.11. The van der Waals surface area contributed by atoms with E-state index >= 15 is 0 Å². The molecule has 15 heavy (non-hydrogen) atoms. The molecule has 6 nitrogen and oxygen atoms in total. The molecule has 0 saturated heterocycles. The van der Waals surface area contributed by atoms with Crippen molar-refractivity contribution in [1.29, 1.82) is 0 Å². The van der Waals surface area contributed by atoms with Gasteiger partial charge in [0.2, 0.25) is 0 Å². The Morgan fingerprint density at radius 1 is 1.53 bits per heavy atom. The quantitative estimate of drug-likeness (QED) is 0.799. The summed E-state index contributed by atoms with van der Waals surface area (Å²) < 4.78 is 6.47. The molecule has 2 aromatic heterocycles. The molecular formula is C9H9N3O3. The molecule has 0 atom stereocenters. The van der Waals surface area contributed by atoms with E-state index in [0.29, 0.717) is 0 Å². The number of oxazole rings is 1. The number of carboxylic acid groups (broad SMARTS) is 1. The fourth-order valence-corrected chi connectivity index (χ4v) is 1.28. The summed E-state index contributed by atoms with van der Waals surface area (Å²) in [5, 5.41) is 12.8. The molecule has 1 N–H and O–H groups in total. The van der Waals surface area contributed by atoms with E-state index in [0.717, 1.165) is 17.7 Å². The van der Waals surface area contributed by atoms with Crippen LogP contribution in [0.2, 0.25) is 0 Å². The van der Waals surface area contributed by atoms with Crippen LogP contribution in [0.3, 0.4) is 0 Å². The van der Waals surface area contributed by atoms with E-state index in [-0.39, 0.29) is 11.7 Å². The highest BCUT2D eigenvalue weighted by atomic mass is 16.4. The van der Waals surface area contributed by atoms with Crippen LogP contribution in [0.15, 0.2) is 16.7 Å². The van der Waals surface area contributed by atoms with E-state index in [2.05, 4.69) is 10.1 Å². The van der Waals surface area contributed by atoms with Gasteiger partial charge in [-0.15, -0.1) is 0 Å². The number of hydrogen-bond acceptors (Lipinski definition) is 4. The van der Waals surface area contributed by atoms with E-state index in [1.165, 1.54) is 4.68 Å². The zero-order valence-corrected chi connectivity index (χ0v) is 8.26. The molecule has 0 amide bonds. The van der Waals surface area contributed by atoms with Crippen LogP contribution in [-0.2, 0) is 0 Å². The first-order valence-electron chi connectivity index (χ1n) is 4.30. The van der Waals surface area contributed by atoms with Crippen molar-refractivity contribution in [1.82, 2.24) is 14.8 Å². The number of rotatable bonds is 2. The maximum absolute atomic E-state index is 10.6. The molecule has 0 aromatic carbocycles. The first kappa shape index (κ1) is 9.45. The van der Waals surface area contributed by atoms with Crippen LogP contribution in [0, 0.1) is 13.8 Å². The molecule has 78 valence electrons. The van der Waals surface area contributed by atoms with Crippen LogP contribution >= 0.6 is 0 Å². The largest absolute Gasteiger partial charge is 0.476 e. The molecule has 0 aliphatic heterocycles. The SMILES string of the molecule is Cc1cc(C)n(-c2nc(C(=O)O)co2)n1. The highest BCUT2D eigenvalue weighted by Gasteiger charge is 2.13. The second-order valence-corrected chi connectivity index (χ2v) is 3.16. The maximum Gasteiger partial charge on any atom is 0.357 e. The summed E-state index contributed by atoms with van der Waals surface area (Å²) in [6, 6.07) is 2.02. The lowest BCUT2D eigenvalue weighted by molar-refractivity contribution is 0.0690. The van der Waals surface area contributed by atoms with E-state index < -0.39 is 5.97 Å².